The zero-order valence-electron chi connectivity index (χ0n) is 14.3. The molecule has 2 heterocycles. The van der Waals surface area contributed by atoms with Crippen LogP contribution in [0.25, 0.3) is 0 Å². The molecule has 2 saturated heterocycles. The normalized spacial score (nSPS) is 28.9. The average Bonchev–Trinajstić information content (AvgIpc) is 3.16. The van der Waals surface area contributed by atoms with Gasteiger partial charge < -0.3 is 24.7 Å². The highest BCUT2D eigenvalue weighted by Crippen LogP contribution is 2.47. The number of fused-ring (bicyclic) bond motifs is 2. The fraction of sp³-hybridized carbons (Fsp3) is 0.824. The molecule has 2 rings (SSSR count). The third-order valence-electron chi connectivity index (χ3n) is 5.16. The summed E-state index contributed by atoms with van der Waals surface area (Å²) in [6.07, 6.45) is 1.87. The lowest BCUT2D eigenvalue weighted by atomic mass is 9.76. The first-order valence-corrected chi connectivity index (χ1v) is 8.68. The van der Waals surface area contributed by atoms with E-state index >= 15 is 0 Å². The Morgan fingerprint density at radius 1 is 1.04 bits per heavy atom. The molecule has 132 valence electrons. The first-order chi connectivity index (χ1) is 11.1. The maximum Gasteiger partial charge on any atom is 0.229 e. The quantitative estimate of drug-likeness (QED) is 0.643. The number of aliphatic hydroxyl groups is 2. The van der Waals surface area contributed by atoms with Crippen LogP contribution in [0.2, 0.25) is 0 Å². The number of amides is 1. The summed E-state index contributed by atoms with van der Waals surface area (Å²) >= 11 is 0. The summed E-state index contributed by atoms with van der Waals surface area (Å²) in [6.45, 7) is 10.4. The minimum Gasteiger partial charge on any atom is -0.395 e. The van der Waals surface area contributed by atoms with Gasteiger partial charge in [-0.3, -0.25) is 4.79 Å². The zero-order chi connectivity index (χ0) is 17.0. The van der Waals surface area contributed by atoms with Gasteiger partial charge in [-0.1, -0.05) is 6.58 Å². The molecule has 6 heteroatoms. The Hall–Kier alpha value is -1.11. The van der Waals surface area contributed by atoms with Crippen LogP contribution in [0.1, 0.15) is 26.7 Å². The fourth-order valence-corrected chi connectivity index (χ4v) is 4.04. The number of carbonyl (C=O) groups is 1. The summed E-state index contributed by atoms with van der Waals surface area (Å²) in [4.78, 5) is 16.7. The summed E-state index contributed by atoms with van der Waals surface area (Å²) in [5.74, 6) is -0.278. The van der Waals surface area contributed by atoms with Crippen molar-refractivity contribution in [2.75, 3.05) is 39.4 Å². The summed E-state index contributed by atoms with van der Waals surface area (Å²) in [7, 11) is 0. The molecule has 1 amide bonds. The van der Waals surface area contributed by atoms with Crippen LogP contribution >= 0.6 is 0 Å². The van der Waals surface area contributed by atoms with E-state index in [0.29, 0.717) is 0 Å². The average molecular weight is 326 g/mol. The molecular weight excluding hydrogens is 296 g/mol. The number of aliphatic hydroxyl groups excluding tert-OH is 2. The van der Waals surface area contributed by atoms with Crippen LogP contribution in [-0.4, -0.2) is 77.5 Å². The Morgan fingerprint density at radius 2 is 1.57 bits per heavy atom. The molecule has 6 nitrogen and oxygen atoms in total. The molecular formula is C17H30N2O4. The monoisotopic (exact) mass is 326 g/mol. The third kappa shape index (κ3) is 3.54. The molecule has 2 aliphatic rings. The summed E-state index contributed by atoms with van der Waals surface area (Å²) in [5, 5.41) is 18.4. The van der Waals surface area contributed by atoms with Crippen molar-refractivity contribution < 1.29 is 19.7 Å². The zero-order valence-corrected chi connectivity index (χ0v) is 14.3. The largest absolute Gasteiger partial charge is 0.395 e. The number of hydrogen-bond donors (Lipinski definition) is 2. The molecule has 0 aromatic heterocycles. The summed E-state index contributed by atoms with van der Waals surface area (Å²) in [6, 6.07) is 0. The second-order valence-electron chi connectivity index (χ2n) is 6.28. The van der Waals surface area contributed by atoms with Gasteiger partial charge >= 0.3 is 0 Å². The van der Waals surface area contributed by atoms with Crippen molar-refractivity contribution in [1.29, 1.82) is 0 Å². The van der Waals surface area contributed by atoms with Crippen molar-refractivity contribution in [3.63, 3.8) is 0 Å². The van der Waals surface area contributed by atoms with E-state index in [-0.39, 0.29) is 56.3 Å². The molecule has 4 unspecified atom stereocenters. The van der Waals surface area contributed by atoms with Gasteiger partial charge in [0.2, 0.25) is 5.91 Å². The molecule has 2 bridgehead atoms. The Morgan fingerprint density at radius 3 is 2.04 bits per heavy atom. The van der Waals surface area contributed by atoms with Crippen LogP contribution in [0.3, 0.4) is 0 Å². The van der Waals surface area contributed by atoms with Crippen molar-refractivity contribution in [3.05, 3.63) is 12.3 Å². The number of nitrogens with zero attached hydrogens (tertiary/aromatic N) is 2. The second-order valence-corrected chi connectivity index (χ2v) is 6.28. The standard InChI is InChI=1S/C17H30N2O4/c1-4-18(5-2)12(3)15-13-6-7-14(23-13)16(15)17(22)19(8-10-20)9-11-21/h13-16,20-21H,3-11H2,1-2H3. The number of rotatable bonds is 9. The smallest absolute Gasteiger partial charge is 0.229 e. The van der Waals surface area contributed by atoms with Crippen molar-refractivity contribution in [3.8, 4) is 0 Å². The molecule has 4 atom stereocenters. The topological polar surface area (TPSA) is 73.2 Å². The van der Waals surface area contributed by atoms with Gasteiger partial charge in [0.1, 0.15) is 0 Å². The second kappa shape index (κ2) is 8.13. The minimum atomic E-state index is -0.250. The van der Waals surface area contributed by atoms with E-state index in [0.717, 1.165) is 31.6 Å². The van der Waals surface area contributed by atoms with E-state index in [4.69, 9.17) is 4.74 Å². The maximum atomic E-state index is 13.0. The van der Waals surface area contributed by atoms with Crippen molar-refractivity contribution in [2.45, 2.75) is 38.9 Å². The van der Waals surface area contributed by atoms with E-state index in [1.807, 2.05) is 0 Å². The van der Waals surface area contributed by atoms with Crippen LogP contribution in [0.5, 0.6) is 0 Å². The van der Waals surface area contributed by atoms with E-state index in [1.54, 1.807) is 4.90 Å². The third-order valence-corrected chi connectivity index (χ3v) is 5.16. The summed E-state index contributed by atoms with van der Waals surface area (Å²) < 4.78 is 6.03. The Kier molecular flexibility index (Phi) is 6.44. The van der Waals surface area contributed by atoms with Crippen LogP contribution in [0, 0.1) is 11.8 Å². The van der Waals surface area contributed by atoms with Crippen LogP contribution in [-0.2, 0) is 9.53 Å². The lowest BCUT2D eigenvalue weighted by Gasteiger charge is -2.36. The molecule has 2 N–H and O–H groups in total. The Labute approximate surface area is 138 Å². The predicted octanol–water partition coefficient (Wildman–Crippen LogP) is 0.449. The van der Waals surface area contributed by atoms with Gasteiger partial charge in [-0.05, 0) is 26.7 Å². The molecule has 23 heavy (non-hydrogen) atoms. The van der Waals surface area contributed by atoms with Crippen LogP contribution < -0.4 is 0 Å². The molecule has 0 aromatic rings. The molecule has 0 aliphatic carbocycles. The molecule has 2 fully saturated rings. The first-order valence-electron chi connectivity index (χ1n) is 8.68. The molecule has 0 saturated carbocycles. The lowest BCUT2D eigenvalue weighted by Crippen LogP contribution is -2.47. The highest BCUT2D eigenvalue weighted by atomic mass is 16.5. The Balaban J connectivity index is 2.20. The van der Waals surface area contributed by atoms with E-state index in [2.05, 4.69) is 25.3 Å². The van der Waals surface area contributed by atoms with Crippen molar-refractivity contribution >= 4 is 5.91 Å². The van der Waals surface area contributed by atoms with Crippen molar-refractivity contribution in [2.24, 2.45) is 11.8 Å². The molecule has 0 aromatic carbocycles. The highest BCUT2D eigenvalue weighted by Gasteiger charge is 2.54. The predicted molar refractivity (Wildman–Crippen MR) is 87.7 cm³/mol. The van der Waals surface area contributed by atoms with E-state index in [9.17, 15) is 15.0 Å². The van der Waals surface area contributed by atoms with Gasteiger partial charge in [-0.25, -0.2) is 0 Å². The minimum absolute atomic E-state index is 0.000959. The lowest BCUT2D eigenvalue weighted by molar-refractivity contribution is -0.139. The fourth-order valence-electron chi connectivity index (χ4n) is 4.04. The van der Waals surface area contributed by atoms with Crippen LogP contribution in [0.4, 0.5) is 0 Å². The van der Waals surface area contributed by atoms with Gasteiger partial charge in [-0.15, -0.1) is 0 Å². The number of hydrogen-bond acceptors (Lipinski definition) is 5. The summed E-state index contributed by atoms with van der Waals surface area (Å²) in [5.41, 5.74) is 0.980. The van der Waals surface area contributed by atoms with Gasteiger partial charge in [0.25, 0.3) is 0 Å². The maximum absolute atomic E-state index is 13.0. The molecule has 0 spiro atoms. The molecule has 2 aliphatic heterocycles. The Bertz CT molecular complexity index is 419. The van der Waals surface area contributed by atoms with Gasteiger partial charge in [0.15, 0.2) is 0 Å². The van der Waals surface area contributed by atoms with Gasteiger partial charge in [0, 0.05) is 37.8 Å². The van der Waals surface area contributed by atoms with E-state index in [1.165, 1.54) is 0 Å². The highest BCUT2D eigenvalue weighted by molar-refractivity contribution is 5.81. The first kappa shape index (κ1) is 18.2. The number of carbonyl (C=O) groups excluding carboxylic acids is 1. The van der Waals surface area contributed by atoms with E-state index < -0.39 is 0 Å². The van der Waals surface area contributed by atoms with Gasteiger partial charge in [-0.2, -0.15) is 0 Å². The SMILES string of the molecule is C=C(C1C2CCC(O2)C1C(=O)N(CCO)CCO)N(CC)CC. The van der Waals surface area contributed by atoms with Gasteiger partial charge in [0.05, 0.1) is 31.3 Å². The van der Waals surface area contributed by atoms with Crippen molar-refractivity contribution in [1.82, 2.24) is 9.80 Å². The van der Waals surface area contributed by atoms with Crippen LogP contribution in [0.15, 0.2) is 12.3 Å². The number of ether oxygens (including phenoxy) is 1. The molecule has 0 radical (unpaired) electrons.